The highest BCUT2D eigenvalue weighted by Gasteiger charge is 2.34. The number of ether oxygens (including phenoxy) is 1. The summed E-state index contributed by atoms with van der Waals surface area (Å²) in [7, 11) is 1.11. The molecule has 1 fully saturated rings. The topological polar surface area (TPSA) is 111 Å². The van der Waals surface area contributed by atoms with Gasteiger partial charge in [-0.2, -0.15) is 5.10 Å². The van der Waals surface area contributed by atoms with E-state index in [0.717, 1.165) is 7.11 Å². The molecule has 2 aromatic carbocycles. The fourth-order valence-corrected chi connectivity index (χ4v) is 3.54. The molecule has 5 rings (SSSR count). The Hall–Kier alpha value is -4.14. The van der Waals surface area contributed by atoms with E-state index in [1.54, 1.807) is 0 Å². The zero-order chi connectivity index (χ0) is 34.4. The van der Waals surface area contributed by atoms with Gasteiger partial charge in [0.1, 0.15) is 11.4 Å². The predicted molar refractivity (Wildman–Crippen MR) is 127 cm³/mol. The highest BCUT2D eigenvalue weighted by atomic mass is 16.5. The lowest BCUT2D eigenvalue weighted by atomic mass is 10.0. The first-order valence-electron chi connectivity index (χ1n) is 16.1. The number of hydrogen-bond donors (Lipinski definition) is 1. The molecular formula is C25H25N5O4. The van der Waals surface area contributed by atoms with Gasteiger partial charge in [-0.05, 0) is 67.6 Å². The van der Waals surface area contributed by atoms with Gasteiger partial charge in [0.2, 0.25) is 5.91 Å². The maximum Gasteiger partial charge on any atom is 0.277 e. The number of fused-ring (bicyclic) bond motifs is 1. The molecule has 1 saturated heterocycles. The molecule has 3 amide bonds. The van der Waals surface area contributed by atoms with Crippen LogP contribution in [0.5, 0.6) is 5.75 Å². The molecule has 174 valence electrons. The summed E-state index contributed by atoms with van der Waals surface area (Å²) in [5.74, 6) is -3.77. The van der Waals surface area contributed by atoms with Crippen LogP contribution in [-0.2, 0) is 11.2 Å². The number of nitrogens with zero attached hydrogens (tertiary/aromatic N) is 4. The van der Waals surface area contributed by atoms with E-state index in [9.17, 15) is 14.4 Å². The third kappa shape index (κ3) is 3.68. The third-order valence-corrected chi connectivity index (χ3v) is 5.16. The fourth-order valence-electron chi connectivity index (χ4n) is 3.54. The Labute approximate surface area is 213 Å². The number of primary amides is 1. The number of rotatable bonds is 5. The van der Waals surface area contributed by atoms with Gasteiger partial charge in [-0.25, -0.2) is 4.68 Å². The second-order valence-corrected chi connectivity index (χ2v) is 7.24. The molecule has 0 radical (unpaired) electrons. The fraction of sp³-hybridized carbons (Fsp3) is 0.280. The lowest BCUT2D eigenvalue weighted by molar-refractivity contribution is -0.119. The van der Waals surface area contributed by atoms with Crippen LogP contribution in [0.25, 0.3) is 5.69 Å². The lowest BCUT2D eigenvalue weighted by Crippen LogP contribution is -2.39. The van der Waals surface area contributed by atoms with Gasteiger partial charge in [-0.1, -0.05) is 0 Å². The zero-order valence-electron chi connectivity index (χ0n) is 29.8. The molecule has 9 heteroatoms. The first-order valence-corrected chi connectivity index (χ1v) is 10.1. The van der Waals surface area contributed by atoms with Crippen LogP contribution in [0.4, 0.5) is 11.4 Å². The molecule has 0 atom stereocenters. The lowest BCUT2D eigenvalue weighted by Gasteiger charge is -2.29. The van der Waals surface area contributed by atoms with Gasteiger partial charge < -0.3 is 20.3 Å². The summed E-state index contributed by atoms with van der Waals surface area (Å²) in [6.07, 6.45) is -2.78. The van der Waals surface area contributed by atoms with Gasteiger partial charge >= 0.3 is 0 Å². The van der Waals surface area contributed by atoms with E-state index in [4.69, 9.17) is 26.9 Å². The molecule has 0 spiro atoms. The number of methoxy groups -OCH3 is 1. The van der Waals surface area contributed by atoms with Gasteiger partial charge in [0.05, 0.1) is 23.8 Å². The monoisotopic (exact) mass is 471 g/mol. The number of anilines is 2. The van der Waals surface area contributed by atoms with E-state index in [-0.39, 0.29) is 19.3 Å². The van der Waals surface area contributed by atoms with Crippen molar-refractivity contribution in [2.75, 3.05) is 30.0 Å². The number of aromatic nitrogens is 2. The number of carbonyl (C=O) groups is 3. The van der Waals surface area contributed by atoms with Crippen LogP contribution in [-0.4, -0.2) is 47.7 Å². The molecule has 1 aromatic heterocycles. The van der Waals surface area contributed by atoms with E-state index in [0.29, 0.717) is 14.5 Å². The highest BCUT2D eigenvalue weighted by molar-refractivity contribution is 6.09. The van der Waals surface area contributed by atoms with Crippen LogP contribution in [0, 0.1) is 0 Å². The molecule has 0 unspecified atom stereocenters. The van der Waals surface area contributed by atoms with Crippen molar-refractivity contribution in [1.82, 2.24) is 9.78 Å². The van der Waals surface area contributed by atoms with Gasteiger partial charge in [0, 0.05) is 41.9 Å². The summed E-state index contributed by atoms with van der Waals surface area (Å²) >= 11 is 0. The van der Waals surface area contributed by atoms with Crippen LogP contribution in [0.1, 0.15) is 62.3 Å². The Morgan fingerprint density at radius 1 is 1.03 bits per heavy atom. The van der Waals surface area contributed by atoms with Crippen molar-refractivity contribution in [3.8, 4) is 11.4 Å². The quantitative estimate of drug-likeness (QED) is 0.615. The Morgan fingerprint density at radius 3 is 2.29 bits per heavy atom. The Bertz CT molecular complexity index is 1820. The second kappa shape index (κ2) is 8.66. The summed E-state index contributed by atoms with van der Waals surface area (Å²) in [5.41, 5.74) is 1.17. The summed E-state index contributed by atoms with van der Waals surface area (Å²) in [5, 5.41) is 3.93. The third-order valence-electron chi connectivity index (χ3n) is 5.16. The van der Waals surface area contributed by atoms with Crippen molar-refractivity contribution < 1.29 is 35.6 Å². The first kappa shape index (κ1) is 11.8. The minimum Gasteiger partial charge on any atom is -0.497 e. The van der Waals surface area contributed by atoms with Gasteiger partial charge in [0.25, 0.3) is 11.8 Å². The molecule has 3 heterocycles. The summed E-state index contributed by atoms with van der Waals surface area (Å²) in [6, 6.07) is -6.51. The molecule has 2 aliphatic rings. The first-order chi connectivity index (χ1) is 21.3. The normalized spacial score (nSPS) is 23.9. The number of nitrogens with two attached hydrogens (primary N) is 1. The number of piperidine rings is 1. The molecular weight excluding hydrogens is 434 g/mol. The van der Waals surface area contributed by atoms with Crippen LogP contribution >= 0.6 is 0 Å². The molecule has 2 N–H and O–H groups in total. The highest BCUT2D eigenvalue weighted by Crippen LogP contribution is 2.31. The second-order valence-electron chi connectivity index (χ2n) is 7.24. The van der Waals surface area contributed by atoms with Gasteiger partial charge in [-0.3, -0.25) is 14.4 Å². The predicted octanol–water partition coefficient (Wildman–Crippen LogP) is 2.70. The van der Waals surface area contributed by atoms with Crippen LogP contribution in [0.2, 0.25) is 0 Å². The van der Waals surface area contributed by atoms with E-state index in [1.165, 1.54) is 0 Å². The van der Waals surface area contributed by atoms with E-state index >= 15 is 0 Å². The molecule has 0 aliphatic carbocycles. The number of amides is 3. The average molecular weight is 472 g/mol. The van der Waals surface area contributed by atoms with Crippen molar-refractivity contribution in [3.63, 3.8) is 0 Å². The minimum absolute atomic E-state index is 0.109. The van der Waals surface area contributed by atoms with Crippen molar-refractivity contribution in [1.29, 1.82) is 0 Å². The number of benzene rings is 2. The number of hydrogen-bond acceptors (Lipinski definition) is 5. The Balaban J connectivity index is 1.79. The van der Waals surface area contributed by atoms with Crippen LogP contribution in [0.3, 0.4) is 0 Å². The minimum atomic E-state index is -2.72. The largest absolute Gasteiger partial charge is 0.497 e. The van der Waals surface area contributed by atoms with Crippen molar-refractivity contribution >= 4 is 29.1 Å². The Morgan fingerprint density at radius 2 is 1.68 bits per heavy atom. The molecule has 9 nitrogen and oxygen atoms in total. The molecule has 0 bridgehead atoms. The van der Waals surface area contributed by atoms with Crippen molar-refractivity contribution in [2.24, 2.45) is 5.73 Å². The van der Waals surface area contributed by atoms with E-state index < -0.39 is 125 Å². The Kier molecular flexibility index (Phi) is 3.01. The number of carbonyl (C=O) groups excluding carboxylic acids is 3. The molecule has 3 aromatic rings. The SMILES string of the molecule is [2H]c1c([2H])c(-n2nc(C(N)=O)c3c2C(=O)N(c2c([2H])c([2H])c(N4C(=O)CCCC4([2H])[2H])c([2H])c2[2H])CC3([2H])[2H])c([2H])c([2H])c1OC. The molecule has 0 saturated carbocycles. The van der Waals surface area contributed by atoms with Gasteiger partial charge in [0.15, 0.2) is 5.69 Å². The maximum atomic E-state index is 14.2. The smallest absolute Gasteiger partial charge is 0.277 e. The van der Waals surface area contributed by atoms with E-state index in [1.807, 2.05) is 0 Å². The van der Waals surface area contributed by atoms with Crippen LogP contribution < -0.4 is 20.3 Å². The summed E-state index contributed by atoms with van der Waals surface area (Å²) in [4.78, 5) is 40.5. The van der Waals surface area contributed by atoms with Crippen molar-refractivity contribution in [3.05, 3.63) is 65.3 Å². The summed E-state index contributed by atoms with van der Waals surface area (Å²) < 4.78 is 108. The van der Waals surface area contributed by atoms with E-state index in [2.05, 4.69) is 5.10 Å². The zero-order valence-corrected chi connectivity index (χ0v) is 17.8. The molecule has 2 aliphatic heterocycles. The van der Waals surface area contributed by atoms with Crippen LogP contribution in [0.15, 0.2) is 48.3 Å². The average Bonchev–Trinajstić information content (AvgIpc) is 3.38. The summed E-state index contributed by atoms with van der Waals surface area (Å²) in [6.45, 7) is -3.33. The van der Waals surface area contributed by atoms with Crippen molar-refractivity contribution in [2.45, 2.75) is 25.6 Å². The standard InChI is InChI=1S/C25H25N5O4/c1-34-19-11-9-18(10-12-19)30-23-20(22(27-30)24(26)32)13-15-29(25(23)33)17-7-5-16(6-8-17)28-14-3-2-4-21(28)31/h5-12H,2-4,13-15H2,1H3,(H2,26,32)/i5D,6D,7D,8D,9D,10D,11D,12D,13D2,14D2. The maximum absolute atomic E-state index is 14.2. The molecule has 34 heavy (non-hydrogen) atoms. The van der Waals surface area contributed by atoms with Gasteiger partial charge in [-0.15, -0.1) is 0 Å².